The van der Waals surface area contributed by atoms with Crippen molar-refractivity contribution < 1.29 is 8.94 Å². The zero-order chi connectivity index (χ0) is 17.0. The van der Waals surface area contributed by atoms with Gasteiger partial charge in [0.05, 0.1) is 22.3 Å². The molecule has 4 heterocycles. The predicted molar refractivity (Wildman–Crippen MR) is 87.9 cm³/mol. The van der Waals surface area contributed by atoms with E-state index in [1.54, 1.807) is 6.20 Å². The third-order valence-corrected chi connectivity index (χ3v) is 4.42. The summed E-state index contributed by atoms with van der Waals surface area (Å²) in [6, 6.07) is 3.98. The zero-order valence-corrected chi connectivity index (χ0v) is 13.9. The lowest BCUT2D eigenvalue weighted by Crippen LogP contribution is -2.04. The molecule has 0 saturated heterocycles. The average Bonchev–Trinajstić information content (AvgIpc) is 3.04. The second-order valence-corrected chi connectivity index (χ2v) is 6.50. The van der Waals surface area contributed by atoms with E-state index in [1.807, 2.05) is 30.7 Å². The van der Waals surface area contributed by atoms with Crippen molar-refractivity contribution >= 4 is 11.1 Å². The van der Waals surface area contributed by atoms with Crippen LogP contribution in [0.1, 0.15) is 41.7 Å². The highest BCUT2D eigenvalue weighted by molar-refractivity contribution is 5.81. The maximum Gasteiger partial charge on any atom is 0.257 e. The van der Waals surface area contributed by atoms with Crippen LogP contribution in [0.15, 0.2) is 27.3 Å². The molecule has 0 amide bonds. The van der Waals surface area contributed by atoms with Crippen molar-refractivity contribution in [1.29, 1.82) is 0 Å². The van der Waals surface area contributed by atoms with E-state index in [0.29, 0.717) is 30.0 Å². The van der Waals surface area contributed by atoms with E-state index < -0.39 is 0 Å². The van der Waals surface area contributed by atoms with Crippen molar-refractivity contribution in [3.8, 4) is 11.5 Å². The van der Waals surface area contributed by atoms with E-state index in [1.165, 1.54) is 0 Å². The molecule has 0 atom stereocenters. The van der Waals surface area contributed by atoms with Crippen molar-refractivity contribution in [3.63, 3.8) is 0 Å². The Kier molecular flexibility index (Phi) is 3.00. The number of pyridine rings is 1. The van der Waals surface area contributed by atoms with Crippen molar-refractivity contribution in [2.24, 2.45) is 0 Å². The fourth-order valence-electron chi connectivity index (χ4n) is 3.02. The molecule has 0 N–H and O–H groups in total. The van der Waals surface area contributed by atoms with Gasteiger partial charge in [-0.05, 0) is 38.8 Å². The number of rotatable bonds is 4. The van der Waals surface area contributed by atoms with Gasteiger partial charge in [0.15, 0.2) is 0 Å². The smallest absolute Gasteiger partial charge is 0.257 e. The first-order valence-electron chi connectivity index (χ1n) is 8.26. The third kappa shape index (κ3) is 2.50. The molecule has 1 aliphatic carbocycles. The number of fused-ring (bicyclic) bond motifs is 1. The van der Waals surface area contributed by atoms with Gasteiger partial charge in [-0.1, -0.05) is 5.16 Å². The quantitative estimate of drug-likeness (QED) is 0.565. The summed E-state index contributed by atoms with van der Waals surface area (Å²) in [5.74, 6) is 1.44. The minimum Gasteiger partial charge on any atom is -0.419 e. The van der Waals surface area contributed by atoms with E-state index in [0.717, 1.165) is 40.9 Å². The Morgan fingerprint density at radius 2 is 2.08 bits per heavy atom. The lowest BCUT2D eigenvalue weighted by Gasteiger charge is -1.99. The maximum absolute atomic E-state index is 5.81. The largest absolute Gasteiger partial charge is 0.419 e. The summed E-state index contributed by atoms with van der Waals surface area (Å²) in [7, 11) is 0. The van der Waals surface area contributed by atoms with Crippen molar-refractivity contribution in [2.75, 3.05) is 0 Å². The molecule has 0 bridgehead atoms. The maximum atomic E-state index is 5.81. The zero-order valence-electron chi connectivity index (χ0n) is 13.9. The molecule has 1 aliphatic rings. The molecule has 8 nitrogen and oxygen atoms in total. The van der Waals surface area contributed by atoms with Gasteiger partial charge in [0.2, 0.25) is 11.8 Å². The summed E-state index contributed by atoms with van der Waals surface area (Å²) in [5.41, 5.74) is 4.32. The van der Waals surface area contributed by atoms with Crippen LogP contribution in [0.3, 0.4) is 0 Å². The highest BCUT2D eigenvalue weighted by atomic mass is 16.5. The fraction of sp³-hybridized carbons (Fsp3) is 0.353. The lowest BCUT2D eigenvalue weighted by molar-refractivity contribution is 0.439. The standard InChI is InChI=1S/C17H16N6O2/c1-9-5-10(2)23(21-9)8-14-19-20-16(24-14)12-6-13-15(11-3-4-11)22-25-17(13)18-7-12/h5-7,11H,3-4,8H2,1-2H3. The second kappa shape index (κ2) is 5.23. The van der Waals surface area contributed by atoms with Crippen molar-refractivity contribution in [2.45, 2.75) is 39.2 Å². The van der Waals surface area contributed by atoms with Crippen LogP contribution in [0.25, 0.3) is 22.6 Å². The first-order chi connectivity index (χ1) is 12.2. The van der Waals surface area contributed by atoms with Crippen LogP contribution in [0, 0.1) is 13.8 Å². The normalized spacial score (nSPS) is 14.5. The van der Waals surface area contributed by atoms with Crippen LogP contribution in [-0.4, -0.2) is 30.1 Å². The molecule has 25 heavy (non-hydrogen) atoms. The van der Waals surface area contributed by atoms with Crippen LogP contribution < -0.4 is 0 Å². The molecular formula is C17H16N6O2. The molecule has 1 fully saturated rings. The molecule has 0 aliphatic heterocycles. The summed E-state index contributed by atoms with van der Waals surface area (Å²) in [6.07, 6.45) is 3.98. The lowest BCUT2D eigenvalue weighted by atomic mass is 10.1. The first-order valence-corrected chi connectivity index (χ1v) is 8.26. The number of nitrogens with zero attached hydrogens (tertiary/aromatic N) is 6. The molecule has 0 aromatic carbocycles. The van der Waals surface area contributed by atoms with Crippen LogP contribution >= 0.6 is 0 Å². The monoisotopic (exact) mass is 336 g/mol. The van der Waals surface area contributed by atoms with Crippen LogP contribution in [-0.2, 0) is 6.54 Å². The summed E-state index contributed by atoms with van der Waals surface area (Å²) in [4.78, 5) is 4.32. The number of aryl methyl sites for hydroxylation is 2. The third-order valence-electron chi connectivity index (χ3n) is 4.42. The molecule has 5 rings (SSSR count). The van der Waals surface area contributed by atoms with Gasteiger partial charge in [-0.25, -0.2) is 4.98 Å². The predicted octanol–water partition coefficient (Wildman–Crippen LogP) is 3.01. The van der Waals surface area contributed by atoms with E-state index in [2.05, 4.69) is 25.4 Å². The van der Waals surface area contributed by atoms with E-state index in [4.69, 9.17) is 8.94 Å². The average molecular weight is 336 g/mol. The Balaban J connectivity index is 1.47. The van der Waals surface area contributed by atoms with Crippen LogP contribution in [0.5, 0.6) is 0 Å². The summed E-state index contributed by atoms with van der Waals surface area (Å²) >= 11 is 0. The van der Waals surface area contributed by atoms with E-state index in [9.17, 15) is 0 Å². The molecule has 126 valence electrons. The highest BCUT2D eigenvalue weighted by Crippen LogP contribution is 2.42. The van der Waals surface area contributed by atoms with Gasteiger partial charge in [0.25, 0.3) is 5.71 Å². The highest BCUT2D eigenvalue weighted by Gasteiger charge is 2.29. The Hall–Kier alpha value is -3.03. The van der Waals surface area contributed by atoms with Crippen LogP contribution in [0.2, 0.25) is 0 Å². The molecule has 0 radical (unpaired) electrons. The second-order valence-electron chi connectivity index (χ2n) is 6.50. The number of hydrogen-bond acceptors (Lipinski definition) is 7. The molecule has 8 heteroatoms. The SMILES string of the molecule is Cc1cc(C)n(Cc2nnc(-c3cnc4onc(C5CC5)c4c3)o2)n1. The summed E-state index contributed by atoms with van der Waals surface area (Å²) in [5, 5.41) is 17.8. The topological polar surface area (TPSA) is 95.7 Å². The van der Waals surface area contributed by atoms with Gasteiger partial charge in [-0.2, -0.15) is 5.10 Å². The van der Waals surface area contributed by atoms with Gasteiger partial charge in [0, 0.05) is 17.8 Å². The fourth-order valence-corrected chi connectivity index (χ4v) is 3.02. The van der Waals surface area contributed by atoms with Crippen molar-refractivity contribution in [1.82, 2.24) is 30.1 Å². The first kappa shape index (κ1) is 14.3. The van der Waals surface area contributed by atoms with Gasteiger partial charge in [-0.3, -0.25) is 4.68 Å². The Labute approximate surface area is 142 Å². The van der Waals surface area contributed by atoms with Crippen LogP contribution in [0.4, 0.5) is 0 Å². The minimum absolute atomic E-state index is 0.439. The van der Waals surface area contributed by atoms with E-state index in [-0.39, 0.29) is 0 Å². The van der Waals surface area contributed by atoms with E-state index >= 15 is 0 Å². The summed E-state index contributed by atoms with van der Waals surface area (Å²) in [6.45, 7) is 4.41. The number of hydrogen-bond donors (Lipinski definition) is 0. The number of aromatic nitrogens is 6. The molecule has 0 unspecified atom stereocenters. The minimum atomic E-state index is 0.439. The Morgan fingerprint density at radius 3 is 2.84 bits per heavy atom. The Morgan fingerprint density at radius 1 is 1.20 bits per heavy atom. The molecular weight excluding hydrogens is 320 g/mol. The van der Waals surface area contributed by atoms with Gasteiger partial charge in [0.1, 0.15) is 6.54 Å². The Bertz CT molecular complexity index is 1070. The molecule has 0 spiro atoms. The molecule has 4 aromatic heterocycles. The molecule has 4 aromatic rings. The van der Waals surface area contributed by atoms with Gasteiger partial charge < -0.3 is 8.94 Å². The van der Waals surface area contributed by atoms with Gasteiger partial charge in [-0.15, -0.1) is 10.2 Å². The molecule has 1 saturated carbocycles. The summed E-state index contributed by atoms with van der Waals surface area (Å²) < 4.78 is 13.0. The van der Waals surface area contributed by atoms with Crippen molar-refractivity contribution in [3.05, 3.63) is 41.3 Å². The van der Waals surface area contributed by atoms with Gasteiger partial charge >= 0.3 is 0 Å².